The van der Waals surface area contributed by atoms with E-state index in [1.165, 1.54) is 22.9 Å². The van der Waals surface area contributed by atoms with Gasteiger partial charge in [0, 0.05) is 17.9 Å². The van der Waals surface area contributed by atoms with Crippen LogP contribution in [0.25, 0.3) is 5.78 Å². The van der Waals surface area contributed by atoms with E-state index < -0.39 is 0 Å². The molecule has 7 heteroatoms. The van der Waals surface area contributed by atoms with E-state index in [0.717, 1.165) is 17.8 Å². The lowest BCUT2D eigenvalue weighted by Gasteiger charge is -2.08. The highest BCUT2D eigenvalue weighted by Crippen LogP contribution is 2.18. The molecule has 2 heterocycles. The Morgan fingerprint density at radius 1 is 1.19 bits per heavy atom. The van der Waals surface area contributed by atoms with Gasteiger partial charge in [0.2, 0.25) is 5.91 Å². The number of nitrogens with zero attached hydrogens (tertiary/aromatic N) is 4. The molecule has 0 radical (unpaired) electrons. The highest BCUT2D eigenvalue weighted by Gasteiger charge is 2.12. The van der Waals surface area contributed by atoms with Gasteiger partial charge in [0.25, 0.3) is 5.78 Å². The second-order valence-corrected chi connectivity index (χ2v) is 7.88. The number of carbonyl (C=O) groups is 1. The molecular formula is C20H25N5OS. The van der Waals surface area contributed by atoms with Crippen molar-refractivity contribution in [1.82, 2.24) is 24.9 Å². The summed E-state index contributed by atoms with van der Waals surface area (Å²) in [6.07, 6.45) is 0.824. The van der Waals surface area contributed by atoms with E-state index in [9.17, 15) is 4.79 Å². The number of carbonyl (C=O) groups excluding carboxylic acids is 1. The number of fused-ring (bicyclic) bond motifs is 1. The van der Waals surface area contributed by atoms with E-state index in [1.54, 1.807) is 0 Å². The van der Waals surface area contributed by atoms with Crippen molar-refractivity contribution >= 4 is 23.4 Å². The van der Waals surface area contributed by atoms with Gasteiger partial charge in [-0.15, -0.1) is 10.2 Å². The monoisotopic (exact) mass is 383 g/mol. The zero-order valence-corrected chi connectivity index (χ0v) is 17.0. The molecule has 0 saturated carbocycles. The molecule has 27 heavy (non-hydrogen) atoms. The van der Waals surface area contributed by atoms with Gasteiger partial charge in [0.15, 0.2) is 5.16 Å². The summed E-state index contributed by atoms with van der Waals surface area (Å²) in [5.74, 6) is 1.40. The van der Waals surface area contributed by atoms with E-state index in [-0.39, 0.29) is 5.91 Å². The smallest absolute Gasteiger partial charge is 0.256 e. The number of aryl methyl sites for hydroxylation is 2. The van der Waals surface area contributed by atoms with Gasteiger partial charge in [-0.25, -0.2) is 4.98 Å². The van der Waals surface area contributed by atoms with Gasteiger partial charge >= 0.3 is 0 Å². The normalized spacial score (nSPS) is 11.3. The van der Waals surface area contributed by atoms with Crippen LogP contribution in [-0.2, 0) is 11.2 Å². The summed E-state index contributed by atoms with van der Waals surface area (Å²) in [7, 11) is 0. The second-order valence-electron chi connectivity index (χ2n) is 6.94. The molecule has 3 aromatic rings. The summed E-state index contributed by atoms with van der Waals surface area (Å²) >= 11 is 1.37. The van der Waals surface area contributed by atoms with Crippen molar-refractivity contribution in [1.29, 1.82) is 0 Å². The van der Waals surface area contributed by atoms with E-state index in [1.807, 2.05) is 24.3 Å². The Morgan fingerprint density at radius 2 is 1.93 bits per heavy atom. The number of benzene rings is 1. The third kappa shape index (κ3) is 4.86. The Bertz CT molecular complexity index is 933. The zero-order chi connectivity index (χ0) is 19.4. The van der Waals surface area contributed by atoms with Crippen molar-refractivity contribution in [3.05, 3.63) is 52.8 Å². The topological polar surface area (TPSA) is 72.2 Å². The van der Waals surface area contributed by atoms with Crippen LogP contribution in [0.4, 0.5) is 0 Å². The van der Waals surface area contributed by atoms with E-state index in [4.69, 9.17) is 0 Å². The van der Waals surface area contributed by atoms with E-state index in [2.05, 4.69) is 58.6 Å². The predicted molar refractivity (Wildman–Crippen MR) is 108 cm³/mol. The first-order valence-electron chi connectivity index (χ1n) is 9.11. The fourth-order valence-electron chi connectivity index (χ4n) is 2.89. The number of nitrogens with one attached hydrogen (secondary N) is 1. The van der Waals surface area contributed by atoms with Gasteiger partial charge < -0.3 is 5.32 Å². The zero-order valence-electron chi connectivity index (χ0n) is 16.2. The van der Waals surface area contributed by atoms with Crippen LogP contribution in [0, 0.1) is 13.8 Å². The van der Waals surface area contributed by atoms with Crippen molar-refractivity contribution < 1.29 is 4.79 Å². The number of amides is 1. The molecule has 0 aliphatic carbocycles. The summed E-state index contributed by atoms with van der Waals surface area (Å²) in [5.41, 5.74) is 4.48. The molecular weight excluding hydrogens is 358 g/mol. The first-order chi connectivity index (χ1) is 12.9. The summed E-state index contributed by atoms with van der Waals surface area (Å²) in [4.78, 5) is 16.5. The number of hydrogen-bond donors (Lipinski definition) is 1. The van der Waals surface area contributed by atoms with Crippen molar-refractivity contribution in [2.24, 2.45) is 0 Å². The van der Waals surface area contributed by atoms with Gasteiger partial charge in [-0.05, 0) is 43.4 Å². The average Bonchev–Trinajstić information content (AvgIpc) is 3.03. The first kappa shape index (κ1) is 19.4. The molecule has 0 aliphatic heterocycles. The molecule has 0 bridgehead atoms. The fourth-order valence-corrected chi connectivity index (χ4v) is 3.71. The Hall–Kier alpha value is -2.41. The molecule has 142 valence electrons. The van der Waals surface area contributed by atoms with E-state index in [0.29, 0.717) is 29.1 Å². The molecule has 1 N–H and O–H groups in total. The minimum absolute atomic E-state index is 0.00623. The molecule has 3 rings (SSSR count). The highest BCUT2D eigenvalue weighted by atomic mass is 32.2. The SMILES string of the molecule is Cc1cc(C)n2c(SCC(=O)NCCc3ccc(C(C)C)cc3)nnc2n1. The largest absolute Gasteiger partial charge is 0.355 e. The van der Waals surface area contributed by atoms with Crippen LogP contribution in [0.1, 0.15) is 42.3 Å². The quantitative estimate of drug-likeness (QED) is 0.634. The lowest BCUT2D eigenvalue weighted by atomic mass is 10.0. The Kier molecular flexibility index (Phi) is 6.11. The lowest BCUT2D eigenvalue weighted by molar-refractivity contribution is -0.118. The molecule has 6 nitrogen and oxygen atoms in total. The van der Waals surface area contributed by atoms with Crippen molar-refractivity contribution in [2.75, 3.05) is 12.3 Å². The molecule has 0 fully saturated rings. The van der Waals surface area contributed by atoms with Crippen molar-refractivity contribution in [3.8, 4) is 0 Å². The first-order valence-corrected chi connectivity index (χ1v) is 10.1. The van der Waals surface area contributed by atoms with Gasteiger partial charge in [-0.2, -0.15) is 0 Å². The lowest BCUT2D eigenvalue weighted by Crippen LogP contribution is -2.27. The van der Waals surface area contributed by atoms with Crippen LogP contribution in [0.5, 0.6) is 0 Å². The molecule has 0 unspecified atom stereocenters. The maximum Gasteiger partial charge on any atom is 0.256 e. The number of rotatable bonds is 7. The number of thioether (sulfide) groups is 1. The van der Waals surface area contributed by atoms with Gasteiger partial charge in [-0.1, -0.05) is 49.9 Å². The fraction of sp³-hybridized carbons (Fsp3) is 0.400. The molecule has 0 saturated heterocycles. The molecule has 0 aliphatic rings. The van der Waals surface area contributed by atoms with Gasteiger partial charge in [0.1, 0.15) is 0 Å². The maximum absolute atomic E-state index is 12.1. The van der Waals surface area contributed by atoms with Crippen LogP contribution in [0.15, 0.2) is 35.5 Å². The summed E-state index contributed by atoms with van der Waals surface area (Å²) < 4.78 is 1.88. The number of aromatic nitrogens is 4. The van der Waals surface area contributed by atoms with E-state index >= 15 is 0 Å². The predicted octanol–water partition coefficient (Wildman–Crippen LogP) is 3.32. The van der Waals surface area contributed by atoms with Crippen LogP contribution in [0.3, 0.4) is 0 Å². The minimum Gasteiger partial charge on any atom is -0.355 e. The van der Waals surface area contributed by atoms with Crippen LogP contribution in [-0.4, -0.2) is 37.8 Å². The third-order valence-corrected chi connectivity index (χ3v) is 5.31. The molecule has 2 aromatic heterocycles. The standard InChI is InChI=1S/C20H25N5OS/c1-13(2)17-7-5-16(6-8-17)9-10-21-18(26)12-27-20-24-23-19-22-14(3)11-15(4)25(19)20/h5-8,11,13H,9-10,12H2,1-4H3,(H,21,26). The molecule has 0 spiro atoms. The highest BCUT2D eigenvalue weighted by molar-refractivity contribution is 7.99. The van der Waals surface area contributed by atoms with Gasteiger partial charge in [-0.3, -0.25) is 9.20 Å². The molecule has 0 atom stereocenters. The third-order valence-electron chi connectivity index (χ3n) is 4.38. The molecule has 1 aromatic carbocycles. The summed E-state index contributed by atoms with van der Waals surface area (Å²) in [5, 5.41) is 11.9. The summed E-state index contributed by atoms with van der Waals surface area (Å²) in [6, 6.07) is 10.6. The van der Waals surface area contributed by atoms with Crippen molar-refractivity contribution in [3.63, 3.8) is 0 Å². The minimum atomic E-state index is -0.00623. The second kappa shape index (κ2) is 8.52. The van der Waals surface area contributed by atoms with Crippen molar-refractivity contribution in [2.45, 2.75) is 45.2 Å². The average molecular weight is 384 g/mol. The van der Waals surface area contributed by atoms with Crippen LogP contribution >= 0.6 is 11.8 Å². The van der Waals surface area contributed by atoms with Gasteiger partial charge in [0.05, 0.1) is 5.75 Å². The number of hydrogen-bond acceptors (Lipinski definition) is 5. The van der Waals surface area contributed by atoms with Crippen LogP contribution < -0.4 is 5.32 Å². The summed E-state index contributed by atoms with van der Waals surface area (Å²) in [6.45, 7) is 8.91. The Labute approximate surface area is 163 Å². The van der Waals surface area contributed by atoms with Crippen LogP contribution in [0.2, 0.25) is 0 Å². The Morgan fingerprint density at radius 3 is 2.63 bits per heavy atom. The Balaban J connectivity index is 1.49. The molecule has 1 amide bonds. The maximum atomic E-state index is 12.1.